The van der Waals surface area contributed by atoms with Crippen molar-refractivity contribution in [2.24, 2.45) is 0 Å². The van der Waals surface area contributed by atoms with Crippen molar-refractivity contribution in [3.05, 3.63) is 42.5 Å². The number of ether oxygens (including phenoxy) is 1. The Morgan fingerprint density at radius 1 is 1.19 bits per heavy atom. The molecule has 1 heterocycles. The van der Waals surface area contributed by atoms with Crippen molar-refractivity contribution >= 4 is 39.7 Å². The molecule has 1 aromatic heterocycles. The number of para-hydroxylation sites is 1. The first-order valence-electron chi connectivity index (χ1n) is 6.34. The van der Waals surface area contributed by atoms with E-state index < -0.39 is 0 Å². The number of carbonyl (C=O) groups excluding carboxylic acids is 1. The Balaban J connectivity index is 1.85. The maximum atomic E-state index is 11.6. The van der Waals surface area contributed by atoms with Crippen LogP contribution < -0.4 is 4.74 Å². The Bertz CT molecular complexity index is 847. The van der Waals surface area contributed by atoms with Gasteiger partial charge in [-0.3, -0.25) is 4.79 Å². The van der Waals surface area contributed by atoms with E-state index in [9.17, 15) is 4.79 Å². The minimum atomic E-state index is -0.359. The molecule has 21 heavy (non-hydrogen) atoms. The summed E-state index contributed by atoms with van der Waals surface area (Å²) in [5.74, 6) is 0.567. The van der Waals surface area contributed by atoms with Crippen LogP contribution in [0.2, 0.25) is 0 Å². The summed E-state index contributed by atoms with van der Waals surface area (Å²) >= 11 is 1.23. The third-order valence-electron chi connectivity index (χ3n) is 2.97. The zero-order chi connectivity index (χ0) is 14.7. The Morgan fingerprint density at radius 3 is 2.86 bits per heavy atom. The van der Waals surface area contributed by atoms with Crippen LogP contribution in [0.15, 0.2) is 46.9 Å². The van der Waals surface area contributed by atoms with Gasteiger partial charge in [-0.1, -0.05) is 18.2 Å². The van der Waals surface area contributed by atoms with E-state index in [1.54, 1.807) is 18.2 Å². The molecule has 0 aliphatic heterocycles. The molecule has 0 amide bonds. The fourth-order valence-electron chi connectivity index (χ4n) is 2.11. The fourth-order valence-corrected chi connectivity index (χ4v) is 2.53. The van der Waals surface area contributed by atoms with Gasteiger partial charge in [0.05, 0.1) is 17.6 Å². The maximum Gasteiger partial charge on any atom is 0.321 e. The number of nitrogens with zero attached hydrogens (tertiary/aromatic N) is 1. The molecule has 2 aromatic carbocycles. The van der Waals surface area contributed by atoms with Gasteiger partial charge in [-0.2, -0.15) is 5.26 Å². The van der Waals surface area contributed by atoms with E-state index in [1.165, 1.54) is 11.8 Å². The Kier molecular flexibility index (Phi) is 3.80. The van der Waals surface area contributed by atoms with Gasteiger partial charge in [0.25, 0.3) is 0 Å². The van der Waals surface area contributed by atoms with Crippen LogP contribution in [-0.2, 0) is 4.79 Å². The van der Waals surface area contributed by atoms with Crippen LogP contribution in [0.4, 0.5) is 0 Å². The number of nitriles is 1. The number of carbonyl (C=O) groups is 1. The molecule has 0 saturated carbocycles. The summed E-state index contributed by atoms with van der Waals surface area (Å²) in [5.41, 5.74) is 1.57. The molecule has 0 atom stereocenters. The Morgan fingerprint density at radius 2 is 2.00 bits per heavy atom. The molecule has 5 heteroatoms. The molecule has 3 rings (SSSR count). The second-order valence-corrected chi connectivity index (χ2v) is 5.37. The number of benzene rings is 2. The standard InChI is InChI=1S/C16H11NO3S/c17-7-8-21-10-16(18)19-11-5-6-15-13(9-11)12-3-1-2-4-14(12)20-15/h1-6,9H,8,10H2. The molecular formula is C16H11NO3S. The number of rotatable bonds is 4. The largest absolute Gasteiger partial charge is 0.456 e. The predicted molar refractivity (Wildman–Crippen MR) is 82.3 cm³/mol. The average molecular weight is 297 g/mol. The molecular weight excluding hydrogens is 286 g/mol. The lowest BCUT2D eigenvalue weighted by Crippen LogP contribution is -2.10. The van der Waals surface area contributed by atoms with Gasteiger partial charge in [0.2, 0.25) is 0 Å². The smallest absolute Gasteiger partial charge is 0.321 e. The Labute approximate surface area is 125 Å². The summed E-state index contributed by atoms with van der Waals surface area (Å²) in [4.78, 5) is 11.6. The molecule has 4 nitrogen and oxygen atoms in total. The van der Waals surface area contributed by atoms with Gasteiger partial charge in [-0.05, 0) is 24.3 Å². The summed E-state index contributed by atoms with van der Waals surface area (Å²) in [7, 11) is 0. The minimum absolute atomic E-state index is 0.164. The predicted octanol–water partition coefficient (Wildman–Crippen LogP) is 3.75. The van der Waals surface area contributed by atoms with Crippen LogP contribution in [0, 0.1) is 11.3 Å². The van der Waals surface area contributed by atoms with Gasteiger partial charge >= 0.3 is 5.97 Å². The number of hydrogen-bond acceptors (Lipinski definition) is 5. The zero-order valence-corrected chi connectivity index (χ0v) is 11.9. The van der Waals surface area contributed by atoms with E-state index in [-0.39, 0.29) is 17.5 Å². The quantitative estimate of drug-likeness (QED) is 0.417. The number of thioether (sulfide) groups is 1. The highest BCUT2D eigenvalue weighted by atomic mass is 32.2. The van der Waals surface area contributed by atoms with E-state index in [1.807, 2.05) is 30.3 Å². The van der Waals surface area contributed by atoms with Crippen molar-refractivity contribution in [2.75, 3.05) is 11.5 Å². The molecule has 0 radical (unpaired) electrons. The van der Waals surface area contributed by atoms with Gasteiger partial charge in [0, 0.05) is 10.8 Å². The SMILES string of the molecule is N#CCSCC(=O)Oc1ccc2oc3ccccc3c2c1. The van der Waals surface area contributed by atoms with Crippen molar-refractivity contribution in [1.29, 1.82) is 5.26 Å². The van der Waals surface area contributed by atoms with Crippen LogP contribution in [0.3, 0.4) is 0 Å². The molecule has 0 saturated heterocycles. The van der Waals surface area contributed by atoms with Crippen molar-refractivity contribution in [1.82, 2.24) is 0 Å². The first kappa shape index (κ1) is 13.5. The molecule has 104 valence electrons. The maximum absolute atomic E-state index is 11.6. The zero-order valence-electron chi connectivity index (χ0n) is 11.0. The minimum Gasteiger partial charge on any atom is -0.456 e. The summed E-state index contributed by atoms with van der Waals surface area (Å²) in [6, 6.07) is 15.0. The van der Waals surface area contributed by atoms with Crippen LogP contribution >= 0.6 is 11.8 Å². The molecule has 0 aliphatic rings. The van der Waals surface area contributed by atoms with Gasteiger partial charge < -0.3 is 9.15 Å². The summed E-state index contributed by atoms with van der Waals surface area (Å²) in [5, 5.41) is 10.3. The number of esters is 1. The topological polar surface area (TPSA) is 63.2 Å². The highest BCUT2D eigenvalue weighted by Gasteiger charge is 2.10. The first-order chi connectivity index (χ1) is 10.3. The van der Waals surface area contributed by atoms with Crippen LogP contribution in [0.5, 0.6) is 5.75 Å². The highest BCUT2D eigenvalue weighted by Crippen LogP contribution is 2.31. The number of hydrogen-bond donors (Lipinski definition) is 0. The monoisotopic (exact) mass is 297 g/mol. The van der Waals surface area contributed by atoms with E-state index in [0.717, 1.165) is 21.9 Å². The van der Waals surface area contributed by atoms with E-state index in [0.29, 0.717) is 5.75 Å². The fraction of sp³-hybridized carbons (Fsp3) is 0.125. The molecule has 0 N–H and O–H groups in total. The summed E-state index contributed by atoms with van der Waals surface area (Å²) < 4.78 is 11.0. The molecule has 0 bridgehead atoms. The third kappa shape index (κ3) is 2.86. The third-order valence-corrected chi connectivity index (χ3v) is 3.74. The molecule has 0 spiro atoms. The van der Waals surface area contributed by atoms with Crippen molar-refractivity contribution in [2.45, 2.75) is 0 Å². The van der Waals surface area contributed by atoms with E-state index in [2.05, 4.69) is 0 Å². The number of furan rings is 1. The van der Waals surface area contributed by atoms with Gasteiger partial charge in [-0.25, -0.2) is 0 Å². The summed E-state index contributed by atoms with van der Waals surface area (Å²) in [6.07, 6.45) is 0. The van der Waals surface area contributed by atoms with Crippen molar-refractivity contribution < 1.29 is 13.9 Å². The van der Waals surface area contributed by atoms with Gasteiger partial charge in [0.15, 0.2) is 0 Å². The number of fused-ring (bicyclic) bond motifs is 3. The molecule has 3 aromatic rings. The molecule has 0 aliphatic carbocycles. The van der Waals surface area contributed by atoms with Gasteiger partial charge in [0.1, 0.15) is 16.9 Å². The lowest BCUT2D eigenvalue weighted by atomic mass is 10.1. The van der Waals surface area contributed by atoms with E-state index in [4.69, 9.17) is 14.4 Å². The van der Waals surface area contributed by atoms with E-state index >= 15 is 0 Å². The second kappa shape index (κ2) is 5.90. The van der Waals surface area contributed by atoms with Crippen molar-refractivity contribution in [3.63, 3.8) is 0 Å². The molecule has 0 fully saturated rings. The van der Waals surface area contributed by atoms with Gasteiger partial charge in [-0.15, -0.1) is 11.8 Å². The second-order valence-electron chi connectivity index (χ2n) is 4.38. The lowest BCUT2D eigenvalue weighted by molar-refractivity contribution is -0.131. The normalized spacial score (nSPS) is 10.6. The van der Waals surface area contributed by atoms with Crippen molar-refractivity contribution in [3.8, 4) is 11.8 Å². The average Bonchev–Trinajstić information content (AvgIpc) is 2.86. The highest BCUT2D eigenvalue weighted by molar-refractivity contribution is 8.00. The first-order valence-corrected chi connectivity index (χ1v) is 7.50. The summed E-state index contributed by atoms with van der Waals surface area (Å²) in [6.45, 7) is 0. The van der Waals surface area contributed by atoms with Crippen LogP contribution in [-0.4, -0.2) is 17.5 Å². The Hall–Kier alpha value is -2.45. The lowest BCUT2D eigenvalue weighted by Gasteiger charge is -2.03. The van der Waals surface area contributed by atoms with Crippen LogP contribution in [0.1, 0.15) is 0 Å². The molecule has 0 unspecified atom stereocenters. The van der Waals surface area contributed by atoms with Crippen LogP contribution in [0.25, 0.3) is 21.9 Å².